The molecular formula is C15H16O. The van der Waals surface area contributed by atoms with Crippen LogP contribution in [0.3, 0.4) is 0 Å². The highest BCUT2D eigenvalue weighted by atomic mass is 16.3. The molecule has 16 heavy (non-hydrogen) atoms. The molecular weight excluding hydrogens is 196 g/mol. The van der Waals surface area contributed by atoms with Gasteiger partial charge in [0.2, 0.25) is 0 Å². The molecule has 2 rings (SSSR count). The van der Waals surface area contributed by atoms with Crippen molar-refractivity contribution in [1.29, 1.82) is 0 Å². The van der Waals surface area contributed by atoms with Gasteiger partial charge < -0.3 is 5.11 Å². The number of hydrogen-bond acceptors (Lipinski definition) is 1. The zero-order chi connectivity index (χ0) is 11.4. The third kappa shape index (κ3) is 2.50. The van der Waals surface area contributed by atoms with E-state index in [1.807, 2.05) is 43.3 Å². The highest BCUT2D eigenvalue weighted by Crippen LogP contribution is 2.20. The molecule has 0 aliphatic carbocycles. The largest absolute Gasteiger partial charge is 0.389 e. The summed E-state index contributed by atoms with van der Waals surface area (Å²) in [6, 6.07) is 18.4. The lowest BCUT2D eigenvalue weighted by atomic mass is 9.97. The summed E-state index contributed by atoms with van der Waals surface area (Å²) in [5.41, 5.74) is 3.49. The van der Waals surface area contributed by atoms with Crippen LogP contribution in [0.25, 0.3) is 0 Å². The van der Waals surface area contributed by atoms with Gasteiger partial charge in [-0.2, -0.15) is 0 Å². The molecule has 0 amide bonds. The van der Waals surface area contributed by atoms with Crippen LogP contribution in [0.2, 0.25) is 0 Å². The Kier molecular flexibility index (Phi) is 3.37. The van der Waals surface area contributed by atoms with Crippen molar-refractivity contribution in [1.82, 2.24) is 0 Å². The van der Waals surface area contributed by atoms with Gasteiger partial charge in [0.25, 0.3) is 0 Å². The summed E-state index contributed by atoms with van der Waals surface area (Å²) in [7, 11) is 0. The molecule has 1 atom stereocenters. The summed E-state index contributed by atoms with van der Waals surface area (Å²) in [5, 5.41) is 9.68. The molecule has 1 heteroatoms. The molecule has 1 unspecified atom stereocenters. The van der Waals surface area contributed by atoms with Crippen molar-refractivity contribution in [2.45, 2.75) is 19.4 Å². The Bertz CT molecular complexity index is 446. The molecule has 1 N–H and O–H groups in total. The summed E-state index contributed by atoms with van der Waals surface area (Å²) in [6.45, 7) is 1.81. The van der Waals surface area contributed by atoms with Crippen molar-refractivity contribution >= 4 is 0 Å². The maximum absolute atomic E-state index is 9.68. The van der Waals surface area contributed by atoms with E-state index in [-0.39, 0.29) is 0 Å². The van der Waals surface area contributed by atoms with Gasteiger partial charge in [0, 0.05) is 0 Å². The second-order valence-corrected chi connectivity index (χ2v) is 4.04. The third-order valence-corrected chi connectivity index (χ3v) is 2.74. The molecule has 2 aromatic rings. The lowest BCUT2D eigenvalue weighted by Gasteiger charge is -2.11. The molecule has 0 aromatic heterocycles. The van der Waals surface area contributed by atoms with Gasteiger partial charge in [0.15, 0.2) is 0 Å². The number of aliphatic hydroxyl groups excluding tert-OH is 1. The Labute approximate surface area is 96.4 Å². The first-order valence-electron chi connectivity index (χ1n) is 5.57. The fraction of sp³-hybridized carbons (Fsp3) is 0.200. The van der Waals surface area contributed by atoms with E-state index in [1.165, 1.54) is 11.1 Å². The van der Waals surface area contributed by atoms with E-state index in [1.54, 1.807) is 0 Å². The van der Waals surface area contributed by atoms with Crippen LogP contribution < -0.4 is 0 Å². The number of aliphatic hydroxyl groups is 1. The van der Waals surface area contributed by atoms with Crippen molar-refractivity contribution in [2.75, 3.05) is 0 Å². The number of benzene rings is 2. The Morgan fingerprint density at radius 3 is 2.25 bits per heavy atom. The Hall–Kier alpha value is -1.60. The molecule has 0 saturated carbocycles. The Morgan fingerprint density at radius 2 is 1.56 bits per heavy atom. The number of hydrogen-bond donors (Lipinski definition) is 1. The SMILES string of the molecule is CC(O)c1ccccc1Cc1ccccc1. The van der Waals surface area contributed by atoms with Crippen LogP contribution in [-0.2, 0) is 6.42 Å². The minimum absolute atomic E-state index is 0.403. The predicted octanol–water partition coefficient (Wildman–Crippen LogP) is 3.33. The molecule has 0 aliphatic rings. The van der Waals surface area contributed by atoms with Crippen molar-refractivity contribution in [3.05, 3.63) is 71.3 Å². The molecule has 0 aliphatic heterocycles. The van der Waals surface area contributed by atoms with E-state index in [2.05, 4.69) is 18.2 Å². The molecule has 1 nitrogen and oxygen atoms in total. The van der Waals surface area contributed by atoms with Gasteiger partial charge >= 0.3 is 0 Å². The van der Waals surface area contributed by atoms with Crippen molar-refractivity contribution < 1.29 is 5.11 Å². The summed E-state index contributed by atoms with van der Waals surface area (Å²) < 4.78 is 0. The van der Waals surface area contributed by atoms with Gasteiger partial charge in [-0.05, 0) is 30.0 Å². The van der Waals surface area contributed by atoms with Crippen LogP contribution in [0.1, 0.15) is 29.7 Å². The van der Waals surface area contributed by atoms with E-state index >= 15 is 0 Å². The van der Waals surface area contributed by atoms with Gasteiger partial charge in [-0.25, -0.2) is 0 Å². The number of rotatable bonds is 3. The van der Waals surface area contributed by atoms with Gasteiger partial charge in [-0.15, -0.1) is 0 Å². The Morgan fingerprint density at radius 1 is 0.938 bits per heavy atom. The average Bonchev–Trinajstić information content (AvgIpc) is 2.31. The maximum atomic E-state index is 9.68. The second kappa shape index (κ2) is 4.95. The average molecular weight is 212 g/mol. The maximum Gasteiger partial charge on any atom is 0.0764 e. The second-order valence-electron chi connectivity index (χ2n) is 4.04. The third-order valence-electron chi connectivity index (χ3n) is 2.74. The van der Waals surface area contributed by atoms with Gasteiger partial charge in [0.05, 0.1) is 6.10 Å². The van der Waals surface area contributed by atoms with Gasteiger partial charge in [0.1, 0.15) is 0 Å². The standard InChI is InChI=1S/C15H16O/c1-12(16)15-10-6-5-9-14(15)11-13-7-3-2-4-8-13/h2-10,12,16H,11H2,1H3. The zero-order valence-electron chi connectivity index (χ0n) is 9.43. The lowest BCUT2D eigenvalue weighted by molar-refractivity contribution is 0.198. The van der Waals surface area contributed by atoms with Crippen LogP contribution >= 0.6 is 0 Å². The molecule has 0 fully saturated rings. The predicted molar refractivity (Wildman–Crippen MR) is 66.3 cm³/mol. The van der Waals surface area contributed by atoms with Crippen molar-refractivity contribution in [3.63, 3.8) is 0 Å². The van der Waals surface area contributed by atoms with E-state index in [4.69, 9.17) is 0 Å². The molecule has 82 valence electrons. The molecule has 2 aromatic carbocycles. The summed E-state index contributed by atoms with van der Waals surface area (Å²) in [5.74, 6) is 0. The van der Waals surface area contributed by atoms with Gasteiger partial charge in [-0.1, -0.05) is 54.6 Å². The highest BCUT2D eigenvalue weighted by molar-refractivity contribution is 5.33. The van der Waals surface area contributed by atoms with Crippen LogP contribution in [0.15, 0.2) is 54.6 Å². The molecule has 0 heterocycles. The summed E-state index contributed by atoms with van der Waals surface area (Å²) in [6.07, 6.45) is 0.474. The van der Waals surface area contributed by atoms with E-state index in [9.17, 15) is 5.11 Å². The molecule has 0 bridgehead atoms. The summed E-state index contributed by atoms with van der Waals surface area (Å²) in [4.78, 5) is 0. The monoisotopic (exact) mass is 212 g/mol. The first-order valence-corrected chi connectivity index (χ1v) is 5.57. The van der Waals surface area contributed by atoms with E-state index < -0.39 is 6.10 Å². The van der Waals surface area contributed by atoms with E-state index in [0.29, 0.717) is 0 Å². The minimum Gasteiger partial charge on any atom is -0.389 e. The van der Waals surface area contributed by atoms with Crippen LogP contribution in [0, 0.1) is 0 Å². The van der Waals surface area contributed by atoms with Crippen molar-refractivity contribution in [2.24, 2.45) is 0 Å². The fourth-order valence-electron chi connectivity index (χ4n) is 1.92. The topological polar surface area (TPSA) is 20.2 Å². The first-order chi connectivity index (χ1) is 7.77. The smallest absolute Gasteiger partial charge is 0.0764 e. The minimum atomic E-state index is -0.403. The van der Waals surface area contributed by atoms with Crippen LogP contribution in [-0.4, -0.2) is 5.11 Å². The van der Waals surface area contributed by atoms with Crippen LogP contribution in [0.4, 0.5) is 0 Å². The normalized spacial score (nSPS) is 12.4. The quantitative estimate of drug-likeness (QED) is 0.827. The molecule has 0 spiro atoms. The van der Waals surface area contributed by atoms with Crippen molar-refractivity contribution in [3.8, 4) is 0 Å². The molecule has 0 saturated heterocycles. The fourth-order valence-corrected chi connectivity index (χ4v) is 1.92. The lowest BCUT2D eigenvalue weighted by Crippen LogP contribution is -1.99. The van der Waals surface area contributed by atoms with Crippen LogP contribution in [0.5, 0.6) is 0 Å². The Balaban J connectivity index is 2.28. The highest BCUT2D eigenvalue weighted by Gasteiger charge is 2.06. The van der Waals surface area contributed by atoms with E-state index in [0.717, 1.165) is 12.0 Å². The summed E-state index contributed by atoms with van der Waals surface area (Å²) >= 11 is 0. The van der Waals surface area contributed by atoms with Gasteiger partial charge in [-0.3, -0.25) is 0 Å². The molecule has 0 radical (unpaired) electrons. The zero-order valence-corrected chi connectivity index (χ0v) is 9.43. The first kappa shape index (κ1) is 10.9.